The summed E-state index contributed by atoms with van der Waals surface area (Å²) in [5.41, 5.74) is 2.97. The van der Waals surface area contributed by atoms with Gasteiger partial charge in [0.05, 0.1) is 13.2 Å². The number of carbonyl (C=O) groups excluding carboxylic acids is 1. The molecule has 180 valence electrons. The number of aliphatic imine (C=N–C) groups is 1. The van der Waals surface area contributed by atoms with Gasteiger partial charge in [0.15, 0.2) is 5.96 Å². The van der Waals surface area contributed by atoms with Crippen LogP contribution in [0.3, 0.4) is 0 Å². The molecule has 3 N–H and O–H groups in total. The van der Waals surface area contributed by atoms with Crippen LogP contribution in [-0.2, 0) is 6.54 Å². The maximum atomic E-state index is 12.1. The quantitative estimate of drug-likeness (QED) is 0.246. The number of methoxy groups -OCH3 is 1. The van der Waals surface area contributed by atoms with Gasteiger partial charge in [0.25, 0.3) is 5.91 Å². The predicted octanol–water partition coefficient (Wildman–Crippen LogP) is 3.57. The largest absolute Gasteiger partial charge is 0.497 e. The van der Waals surface area contributed by atoms with Gasteiger partial charge in [-0.2, -0.15) is 0 Å². The van der Waals surface area contributed by atoms with Crippen LogP contribution in [0.5, 0.6) is 5.75 Å². The molecule has 3 rings (SSSR count). The Hall–Kier alpha value is -2.33. The number of nitrogens with zero attached hydrogens (tertiary/aromatic N) is 2. The zero-order valence-corrected chi connectivity index (χ0v) is 22.1. The fourth-order valence-electron chi connectivity index (χ4n) is 4.02. The number of hydrogen-bond donors (Lipinski definition) is 3. The molecule has 1 atom stereocenters. The Kier molecular flexibility index (Phi) is 11.5. The van der Waals surface area contributed by atoms with Crippen molar-refractivity contribution in [3.05, 3.63) is 65.2 Å². The molecule has 1 fully saturated rings. The van der Waals surface area contributed by atoms with Gasteiger partial charge in [-0.25, -0.2) is 0 Å². The van der Waals surface area contributed by atoms with E-state index >= 15 is 0 Å². The van der Waals surface area contributed by atoms with Crippen LogP contribution in [0.2, 0.25) is 0 Å². The molecule has 33 heavy (non-hydrogen) atoms. The molecule has 1 aliphatic rings. The molecule has 0 bridgehead atoms. The maximum absolute atomic E-state index is 12.1. The molecule has 1 aliphatic heterocycles. The topological polar surface area (TPSA) is 78.0 Å². The van der Waals surface area contributed by atoms with Crippen molar-refractivity contribution in [2.75, 3.05) is 40.3 Å². The standard InChI is InChI=1S/C25H35N5O2.HI/c1-4-27-24(31)21-9-7-8-19(16-21)17-28-25(26-2)29-18-23(30-14-5-6-15-30)20-10-12-22(32-3)13-11-20;/h7-13,16,23H,4-6,14-15,17-18H2,1-3H3,(H,27,31)(H2,26,28,29);1H. The molecule has 0 radical (unpaired) electrons. The Labute approximate surface area is 214 Å². The van der Waals surface area contributed by atoms with E-state index < -0.39 is 0 Å². The number of benzene rings is 2. The summed E-state index contributed by atoms with van der Waals surface area (Å²) in [4.78, 5) is 19.0. The van der Waals surface area contributed by atoms with Crippen LogP contribution in [0, 0.1) is 0 Å². The Morgan fingerprint density at radius 1 is 1.09 bits per heavy atom. The third-order valence-corrected chi connectivity index (χ3v) is 5.75. The van der Waals surface area contributed by atoms with E-state index in [4.69, 9.17) is 4.74 Å². The zero-order valence-electron chi connectivity index (χ0n) is 19.8. The minimum Gasteiger partial charge on any atom is -0.497 e. The molecule has 1 saturated heterocycles. The molecule has 0 saturated carbocycles. The lowest BCUT2D eigenvalue weighted by Gasteiger charge is -2.29. The molecule has 0 aliphatic carbocycles. The SMILES string of the molecule is CCNC(=O)c1cccc(CNC(=NC)NCC(c2ccc(OC)cc2)N2CCCC2)c1.I. The number of carbonyl (C=O) groups is 1. The smallest absolute Gasteiger partial charge is 0.251 e. The van der Waals surface area contributed by atoms with Crippen molar-refractivity contribution >= 4 is 35.8 Å². The molecular weight excluding hydrogens is 529 g/mol. The van der Waals surface area contributed by atoms with Gasteiger partial charge in [0.2, 0.25) is 0 Å². The lowest BCUT2D eigenvalue weighted by Crippen LogP contribution is -2.42. The van der Waals surface area contributed by atoms with Crippen molar-refractivity contribution < 1.29 is 9.53 Å². The molecule has 2 aromatic carbocycles. The van der Waals surface area contributed by atoms with Crippen LogP contribution in [-0.4, -0.2) is 57.1 Å². The summed E-state index contributed by atoms with van der Waals surface area (Å²) < 4.78 is 5.32. The summed E-state index contributed by atoms with van der Waals surface area (Å²) in [5, 5.41) is 9.70. The molecule has 7 nitrogen and oxygen atoms in total. The summed E-state index contributed by atoms with van der Waals surface area (Å²) in [6.45, 7) is 6.09. The third kappa shape index (κ3) is 7.89. The van der Waals surface area contributed by atoms with Crippen LogP contribution in [0.15, 0.2) is 53.5 Å². The van der Waals surface area contributed by atoms with E-state index in [0.29, 0.717) is 18.7 Å². The van der Waals surface area contributed by atoms with Crippen molar-refractivity contribution in [2.45, 2.75) is 32.4 Å². The number of nitrogens with one attached hydrogen (secondary N) is 3. The summed E-state index contributed by atoms with van der Waals surface area (Å²) in [6.07, 6.45) is 2.48. The Morgan fingerprint density at radius 2 is 1.82 bits per heavy atom. The van der Waals surface area contributed by atoms with E-state index in [1.165, 1.54) is 18.4 Å². The first-order valence-corrected chi connectivity index (χ1v) is 11.3. The Bertz CT molecular complexity index is 898. The van der Waals surface area contributed by atoms with Gasteiger partial charge < -0.3 is 20.7 Å². The molecule has 2 aromatic rings. The van der Waals surface area contributed by atoms with E-state index in [1.54, 1.807) is 14.2 Å². The minimum absolute atomic E-state index is 0. The van der Waals surface area contributed by atoms with Crippen molar-refractivity contribution in [1.29, 1.82) is 0 Å². The number of halogens is 1. The summed E-state index contributed by atoms with van der Waals surface area (Å²) in [5.74, 6) is 1.56. The van der Waals surface area contributed by atoms with Crippen molar-refractivity contribution in [3.63, 3.8) is 0 Å². The fourth-order valence-corrected chi connectivity index (χ4v) is 4.02. The van der Waals surface area contributed by atoms with Gasteiger partial charge in [0, 0.05) is 32.2 Å². The second-order valence-corrected chi connectivity index (χ2v) is 7.90. The molecule has 0 spiro atoms. The summed E-state index contributed by atoms with van der Waals surface area (Å²) in [6, 6.07) is 16.3. The number of rotatable bonds is 9. The average molecular weight is 566 g/mol. The minimum atomic E-state index is -0.0511. The summed E-state index contributed by atoms with van der Waals surface area (Å²) in [7, 11) is 3.47. The number of amides is 1. The highest BCUT2D eigenvalue weighted by molar-refractivity contribution is 14.0. The molecule has 1 heterocycles. The van der Waals surface area contributed by atoms with Crippen molar-refractivity contribution in [3.8, 4) is 5.75 Å². The van der Waals surface area contributed by atoms with Crippen LogP contribution >= 0.6 is 24.0 Å². The average Bonchev–Trinajstić information content (AvgIpc) is 3.36. The first-order valence-electron chi connectivity index (χ1n) is 11.3. The second-order valence-electron chi connectivity index (χ2n) is 7.90. The van der Waals surface area contributed by atoms with Gasteiger partial charge >= 0.3 is 0 Å². The molecular formula is C25H36IN5O2. The number of ether oxygens (including phenoxy) is 1. The summed E-state index contributed by atoms with van der Waals surface area (Å²) >= 11 is 0. The normalized spacial score (nSPS) is 14.8. The maximum Gasteiger partial charge on any atom is 0.251 e. The third-order valence-electron chi connectivity index (χ3n) is 5.75. The highest BCUT2D eigenvalue weighted by Crippen LogP contribution is 2.26. The first kappa shape index (κ1) is 26.9. The monoisotopic (exact) mass is 565 g/mol. The lowest BCUT2D eigenvalue weighted by atomic mass is 10.1. The second kappa shape index (κ2) is 14.0. The predicted molar refractivity (Wildman–Crippen MR) is 145 cm³/mol. The van der Waals surface area contributed by atoms with Gasteiger partial charge in [-0.1, -0.05) is 24.3 Å². The van der Waals surface area contributed by atoms with E-state index in [-0.39, 0.29) is 35.9 Å². The molecule has 0 aromatic heterocycles. The van der Waals surface area contributed by atoms with Crippen molar-refractivity contribution in [2.24, 2.45) is 4.99 Å². The van der Waals surface area contributed by atoms with E-state index in [2.05, 4.69) is 38.0 Å². The van der Waals surface area contributed by atoms with E-state index in [9.17, 15) is 4.79 Å². The molecule has 1 amide bonds. The Balaban J connectivity index is 0.00000385. The van der Waals surface area contributed by atoms with Gasteiger partial charge in [0.1, 0.15) is 5.75 Å². The highest BCUT2D eigenvalue weighted by atomic mass is 127. The van der Waals surface area contributed by atoms with Gasteiger partial charge in [-0.05, 0) is 68.2 Å². The molecule has 1 unspecified atom stereocenters. The van der Waals surface area contributed by atoms with Crippen molar-refractivity contribution in [1.82, 2.24) is 20.9 Å². The lowest BCUT2D eigenvalue weighted by molar-refractivity contribution is 0.0955. The van der Waals surface area contributed by atoms with Crippen LogP contribution in [0.1, 0.15) is 47.3 Å². The first-order chi connectivity index (χ1) is 15.6. The highest BCUT2D eigenvalue weighted by Gasteiger charge is 2.23. The molecule has 8 heteroatoms. The number of hydrogen-bond acceptors (Lipinski definition) is 4. The zero-order chi connectivity index (χ0) is 22.8. The Morgan fingerprint density at radius 3 is 2.45 bits per heavy atom. The van der Waals surface area contributed by atoms with E-state index in [0.717, 1.165) is 36.9 Å². The van der Waals surface area contributed by atoms with Gasteiger partial charge in [-0.15, -0.1) is 24.0 Å². The van der Waals surface area contributed by atoms with Crippen LogP contribution in [0.4, 0.5) is 0 Å². The van der Waals surface area contributed by atoms with Crippen LogP contribution < -0.4 is 20.7 Å². The number of guanidine groups is 1. The fraction of sp³-hybridized carbons (Fsp3) is 0.440. The van der Waals surface area contributed by atoms with Crippen LogP contribution in [0.25, 0.3) is 0 Å². The van der Waals surface area contributed by atoms with Gasteiger partial charge in [-0.3, -0.25) is 14.7 Å². The van der Waals surface area contributed by atoms with E-state index in [1.807, 2.05) is 43.3 Å². The number of likely N-dealkylation sites (tertiary alicyclic amines) is 1.